The molecule has 1 saturated carbocycles. The second kappa shape index (κ2) is 6.84. The SMILES string of the molecule is CC(C)(C)[Si](C)(C)OCC1(C(=O)c2nc3n(n2)[C@H](c2ccccc2)C[C@@H]3F)CC1. The lowest BCUT2D eigenvalue weighted by atomic mass is 10.0. The maximum atomic E-state index is 14.6. The molecule has 1 aromatic heterocycles. The molecule has 1 fully saturated rings. The fourth-order valence-electron chi connectivity index (χ4n) is 3.59. The summed E-state index contributed by atoms with van der Waals surface area (Å²) in [6.45, 7) is 11.4. The highest BCUT2D eigenvalue weighted by atomic mass is 28.4. The quantitative estimate of drug-likeness (QED) is 0.477. The molecule has 1 aliphatic carbocycles. The Morgan fingerprint density at radius 3 is 2.52 bits per heavy atom. The zero-order chi connectivity index (χ0) is 21.0. The van der Waals surface area contributed by atoms with Crippen molar-refractivity contribution in [2.24, 2.45) is 5.41 Å². The first-order valence-electron chi connectivity index (χ1n) is 10.4. The predicted octanol–water partition coefficient (Wildman–Crippen LogP) is 5.27. The van der Waals surface area contributed by atoms with Crippen molar-refractivity contribution in [1.29, 1.82) is 0 Å². The van der Waals surface area contributed by atoms with Crippen LogP contribution in [0.15, 0.2) is 30.3 Å². The Labute approximate surface area is 172 Å². The van der Waals surface area contributed by atoms with E-state index in [-0.39, 0.29) is 28.5 Å². The molecule has 5 nitrogen and oxygen atoms in total. The minimum Gasteiger partial charge on any atom is -0.416 e. The molecule has 2 aliphatic rings. The van der Waals surface area contributed by atoms with E-state index in [4.69, 9.17) is 4.43 Å². The number of rotatable bonds is 6. The average Bonchev–Trinajstić information content (AvgIpc) is 3.23. The summed E-state index contributed by atoms with van der Waals surface area (Å²) in [6, 6.07) is 9.51. The highest BCUT2D eigenvalue weighted by Gasteiger charge is 2.54. The summed E-state index contributed by atoms with van der Waals surface area (Å²) in [7, 11) is -1.95. The maximum Gasteiger partial charge on any atom is 0.218 e. The van der Waals surface area contributed by atoms with Crippen molar-refractivity contribution in [1.82, 2.24) is 14.8 Å². The van der Waals surface area contributed by atoms with Crippen molar-refractivity contribution in [3.63, 3.8) is 0 Å². The molecular weight excluding hydrogens is 385 g/mol. The Hall–Kier alpha value is -1.86. The van der Waals surface area contributed by atoms with E-state index in [0.717, 1.165) is 18.4 Å². The van der Waals surface area contributed by atoms with Crippen molar-refractivity contribution >= 4 is 14.1 Å². The van der Waals surface area contributed by atoms with Crippen LogP contribution in [0.25, 0.3) is 0 Å². The van der Waals surface area contributed by atoms with Crippen LogP contribution in [-0.4, -0.2) is 35.5 Å². The predicted molar refractivity (Wildman–Crippen MR) is 112 cm³/mol. The van der Waals surface area contributed by atoms with Crippen LogP contribution in [0.4, 0.5) is 4.39 Å². The second-order valence-corrected chi connectivity index (χ2v) is 14.8. The highest BCUT2D eigenvalue weighted by Crippen LogP contribution is 2.50. The van der Waals surface area contributed by atoms with Crippen LogP contribution < -0.4 is 0 Å². The average molecular weight is 416 g/mol. The number of benzene rings is 1. The Balaban J connectivity index is 1.54. The lowest BCUT2D eigenvalue weighted by Crippen LogP contribution is -2.43. The van der Waals surface area contributed by atoms with E-state index in [1.54, 1.807) is 4.68 Å². The molecular formula is C22H30FN3O2Si. The van der Waals surface area contributed by atoms with Gasteiger partial charge in [0.15, 0.2) is 20.3 Å². The third-order valence-corrected chi connectivity index (χ3v) is 11.4. The van der Waals surface area contributed by atoms with Gasteiger partial charge in [0.2, 0.25) is 11.6 Å². The number of aromatic nitrogens is 3. The number of hydrogen-bond acceptors (Lipinski definition) is 4. The van der Waals surface area contributed by atoms with Crippen LogP contribution in [0, 0.1) is 5.41 Å². The monoisotopic (exact) mass is 415 g/mol. The second-order valence-electron chi connectivity index (χ2n) is 10.0. The van der Waals surface area contributed by atoms with Crippen LogP contribution in [0.3, 0.4) is 0 Å². The molecule has 0 saturated heterocycles. The van der Waals surface area contributed by atoms with Gasteiger partial charge < -0.3 is 4.43 Å². The number of nitrogens with zero attached hydrogens (tertiary/aromatic N) is 3. The molecule has 0 bridgehead atoms. The third-order valence-electron chi connectivity index (χ3n) is 6.90. The topological polar surface area (TPSA) is 57.0 Å². The van der Waals surface area contributed by atoms with Gasteiger partial charge in [-0.1, -0.05) is 51.1 Å². The van der Waals surface area contributed by atoms with Gasteiger partial charge in [-0.25, -0.2) is 14.1 Å². The van der Waals surface area contributed by atoms with Crippen molar-refractivity contribution in [3.8, 4) is 0 Å². The van der Waals surface area contributed by atoms with Crippen LogP contribution in [-0.2, 0) is 4.43 Å². The van der Waals surface area contributed by atoms with Crippen molar-refractivity contribution in [2.45, 2.75) is 70.4 Å². The summed E-state index contributed by atoms with van der Waals surface area (Å²) in [4.78, 5) is 17.6. The maximum absolute atomic E-state index is 14.6. The molecule has 156 valence electrons. The number of fused-ring (bicyclic) bond motifs is 1. The smallest absolute Gasteiger partial charge is 0.218 e. The van der Waals surface area contributed by atoms with Crippen molar-refractivity contribution in [2.75, 3.05) is 6.61 Å². The molecule has 2 heterocycles. The lowest BCUT2D eigenvalue weighted by Gasteiger charge is -2.37. The summed E-state index contributed by atoms with van der Waals surface area (Å²) in [5.41, 5.74) is 0.451. The Morgan fingerprint density at radius 2 is 1.93 bits per heavy atom. The molecule has 0 amide bonds. The van der Waals surface area contributed by atoms with Gasteiger partial charge in [-0.05, 0) is 36.5 Å². The number of halogens is 1. The minimum atomic E-state index is -1.95. The van der Waals surface area contributed by atoms with Gasteiger partial charge in [-0.15, -0.1) is 5.10 Å². The molecule has 0 unspecified atom stereocenters. The number of ketones is 1. The van der Waals surface area contributed by atoms with E-state index in [1.165, 1.54) is 0 Å². The molecule has 7 heteroatoms. The van der Waals surface area contributed by atoms with E-state index >= 15 is 0 Å². The summed E-state index contributed by atoms with van der Waals surface area (Å²) in [5.74, 6) is 0.306. The van der Waals surface area contributed by atoms with E-state index in [1.807, 2.05) is 30.3 Å². The van der Waals surface area contributed by atoms with Crippen molar-refractivity contribution < 1.29 is 13.6 Å². The van der Waals surface area contributed by atoms with Gasteiger partial charge in [-0.2, -0.15) is 0 Å². The molecule has 29 heavy (non-hydrogen) atoms. The van der Waals surface area contributed by atoms with Gasteiger partial charge in [0.25, 0.3) is 0 Å². The van der Waals surface area contributed by atoms with Crippen LogP contribution in [0.1, 0.15) is 74.3 Å². The Bertz CT molecular complexity index is 916. The molecule has 2 aromatic rings. The van der Waals surface area contributed by atoms with E-state index < -0.39 is 19.9 Å². The summed E-state index contributed by atoms with van der Waals surface area (Å²) >= 11 is 0. The fraction of sp³-hybridized carbons (Fsp3) is 0.591. The fourth-order valence-corrected chi connectivity index (χ4v) is 4.66. The number of hydrogen-bond donors (Lipinski definition) is 0. The summed E-state index contributed by atoms with van der Waals surface area (Å²) in [6.07, 6.45) is 0.678. The first kappa shape index (κ1) is 20.4. The highest BCUT2D eigenvalue weighted by molar-refractivity contribution is 6.74. The van der Waals surface area contributed by atoms with E-state index in [9.17, 15) is 9.18 Å². The number of carbonyl (C=O) groups is 1. The Morgan fingerprint density at radius 1 is 1.28 bits per heavy atom. The lowest BCUT2D eigenvalue weighted by molar-refractivity contribution is 0.0824. The summed E-state index contributed by atoms with van der Waals surface area (Å²) in [5, 5.41) is 4.56. The van der Waals surface area contributed by atoms with Gasteiger partial charge in [0, 0.05) is 13.0 Å². The van der Waals surface area contributed by atoms with E-state index in [0.29, 0.717) is 13.0 Å². The summed E-state index contributed by atoms with van der Waals surface area (Å²) < 4.78 is 22.6. The molecule has 1 aromatic carbocycles. The largest absolute Gasteiger partial charge is 0.416 e. The zero-order valence-corrected chi connectivity index (χ0v) is 18.9. The first-order valence-corrected chi connectivity index (χ1v) is 13.3. The van der Waals surface area contributed by atoms with Crippen LogP contribution in [0.2, 0.25) is 18.1 Å². The van der Waals surface area contributed by atoms with Crippen LogP contribution >= 0.6 is 0 Å². The third kappa shape index (κ3) is 3.59. The minimum absolute atomic E-state index is 0.0876. The van der Waals surface area contributed by atoms with Gasteiger partial charge in [0.1, 0.15) is 0 Å². The van der Waals surface area contributed by atoms with Gasteiger partial charge >= 0.3 is 0 Å². The zero-order valence-electron chi connectivity index (χ0n) is 17.9. The van der Waals surface area contributed by atoms with Gasteiger partial charge in [-0.3, -0.25) is 4.79 Å². The standard InChI is InChI=1S/C22H30FN3O2Si/c1-21(2,3)29(4,5)28-14-22(11-12-22)18(27)19-24-20-16(23)13-17(26(20)25-19)15-9-7-6-8-10-15/h6-10,16-17H,11-14H2,1-5H3/t16-,17-/m0/s1. The van der Waals surface area contributed by atoms with Crippen molar-refractivity contribution in [3.05, 3.63) is 47.5 Å². The van der Waals surface area contributed by atoms with Crippen LogP contribution in [0.5, 0.6) is 0 Å². The molecule has 0 spiro atoms. The Kier molecular flexibility index (Phi) is 4.81. The molecule has 2 atom stereocenters. The molecule has 0 radical (unpaired) electrons. The molecule has 1 aliphatic heterocycles. The number of carbonyl (C=O) groups excluding carboxylic acids is 1. The first-order chi connectivity index (χ1) is 13.5. The molecule has 4 rings (SSSR count). The normalized spacial score (nSPS) is 23.1. The number of Topliss-reactive ketones (excluding diaryl/α,β-unsaturated/α-hetero) is 1. The van der Waals surface area contributed by atoms with Gasteiger partial charge in [0.05, 0.1) is 11.5 Å². The number of alkyl halides is 1. The molecule has 0 N–H and O–H groups in total. The van der Waals surface area contributed by atoms with E-state index in [2.05, 4.69) is 43.9 Å².